The van der Waals surface area contributed by atoms with E-state index in [9.17, 15) is 19.8 Å². The van der Waals surface area contributed by atoms with Gasteiger partial charge in [0.2, 0.25) is 0 Å². The Kier molecular flexibility index (Phi) is 4.59. The van der Waals surface area contributed by atoms with Gasteiger partial charge in [-0.25, -0.2) is 9.59 Å². The topological polar surface area (TPSA) is 93.1 Å². The molecule has 2 aromatic carbocycles. The van der Waals surface area contributed by atoms with Crippen molar-refractivity contribution in [3.8, 4) is 11.5 Å². The van der Waals surface area contributed by atoms with Gasteiger partial charge in [0.1, 0.15) is 0 Å². The van der Waals surface area contributed by atoms with Crippen molar-refractivity contribution < 1.29 is 29.3 Å². The predicted octanol–water partition coefficient (Wildman–Crippen LogP) is 1.29. The van der Waals surface area contributed by atoms with Crippen LogP contribution >= 0.6 is 0 Å². The molecule has 6 heteroatoms. The van der Waals surface area contributed by atoms with Crippen LogP contribution in [0.25, 0.3) is 10.8 Å². The van der Waals surface area contributed by atoms with Gasteiger partial charge in [-0.2, -0.15) is 0 Å². The molecule has 0 saturated carbocycles. The largest absolute Gasteiger partial charge is 0.419 e. The molecule has 0 amide bonds. The summed E-state index contributed by atoms with van der Waals surface area (Å²) in [7, 11) is 0. The Morgan fingerprint density at radius 1 is 0.750 bits per heavy atom. The number of esters is 2. The Morgan fingerprint density at radius 3 is 1.92 bits per heavy atom. The van der Waals surface area contributed by atoms with E-state index in [1.54, 1.807) is 12.1 Å². The van der Waals surface area contributed by atoms with Gasteiger partial charge in [-0.3, -0.25) is 0 Å². The summed E-state index contributed by atoms with van der Waals surface area (Å²) in [6.45, 7) is -0.278. The van der Waals surface area contributed by atoms with Crippen LogP contribution in [-0.2, 0) is 22.4 Å². The molecule has 2 N–H and O–H groups in total. The minimum absolute atomic E-state index is 0.102. The fraction of sp³-hybridized carbons (Fsp3) is 0.222. The SMILES string of the molecule is O=C1/C=C/C(=O)Oc2c(c(CCO)c(CCO)c3ccccc23)O1. The second-order valence-electron chi connectivity index (χ2n) is 5.28. The highest BCUT2D eigenvalue weighted by atomic mass is 16.6. The summed E-state index contributed by atoms with van der Waals surface area (Å²) in [5.74, 6) is -1.10. The van der Waals surface area contributed by atoms with Crippen molar-refractivity contribution in [3.05, 3.63) is 47.5 Å². The number of aliphatic hydroxyl groups excluding tert-OH is 2. The zero-order chi connectivity index (χ0) is 17.1. The average molecular weight is 328 g/mol. The summed E-state index contributed by atoms with van der Waals surface area (Å²) >= 11 is 0. The first kappa shape index (κ1) is 16.2. The first-order valence-electron chi connectivity index (χ1n) is 7.55. The lowest BCUT2D eigenvalue weighted by molar-refractivity contribution is -0.133. The third kappa shape index (κ3) is 2.89. The van der Waals surface area contributed by atoms with Crippen LogP contribution in [0.4, 0.5) is 0 Å². The lowest BCUT2D eigenvalue weighted by atomic mass is 9.93. The number of benzene rings is 2. The van der Waals surface area contributed by atoms with Crippen molar-refractivity contribution in [1.29, 1.82) is 0 Å². The summed E-state index contributed by atoms with van der Waals surface area (Å²) in [4.78, 5) is 23.7. The van der Waals surface area contributed by atoms with E-state index < -0.39 is 11.9 Å². The fourth-order valence-corrected chi connectivity index (χ4v) is 2.89. The molecule has 0 atom stereocenters. The number of aliphatic hydroxyl groups is 2. The number of fused-ring (bicyclic) bond motifs is 3. The molecule has 6 nitrogen and oxygen atoms in total. The van der Waals surface area contributed by atoms with Gasteiger partial charge in [-0.1, -0.05) is 24.3 Å². The zero-order valence-electron chi connectivity index (χ0n) is 12.8. The highest BCUT2D eigenvalue weighted by Crippen LogP contribution is 2.43. The van der Waals surface area contributed by atoms with Gasteiger partial charge in [0.05, 0.1) is 0 Å². The maximum atomic E-state index is 11.9. The molecule has 1 heterocycles. The van der Waals surface area contributed by atoms with Gasteiger partial charge in [-0.15, -0.1) is 0 Å². The van der Waals surface area contributed by atoms with Crippen molar-refractivity contribution in [2.24, 2.45) is 0 Å². The van der Waals surface area contributed by atoms with Crippen LogP contribution in [0.15, 0.2) is 36.4 Å². The van der Waals surface area contributed by atoms with Crippen LogP contribution in [0.1, 0.15) is 11.1 Å². The highest BCUT2D eigenvalue weighted by molar-refractivity contribution is 6.01. The molecular weight excluding hydrogens is 312 g/mol. The Labute approximate surface area is 137 Å². The number of carbonyl (C=O) groups is 2. The molecule has 1 aliphatic heterocycles. The smallest absolute Gasteiger partial charge is 0.336 e. The summed E-state index contributed by atoms with van der Waals surface area (Å²) in [6.07, 6.45) is 2.53. The van der Waals surface area contributed by atoms with Crippen LogP contribution in [0.3, 0.4) is 0 Å². The molecule has 24 heavy (non-hydrogen) atoms. The van der Waals surface area contributed by atoms with Crippen molar-refractivity contribution in [2.75, 3.05) is 13.2 Å². The second kappa shape index (κ2) is 6.82. The monoisotopic (exact) mass is 328 g/mol. The maximum absolute atomic E-state index is 11.9. The van der Waals surface area contributed by atoms with Crippen molar-refractivity contribution >= 4 is 22.7 Å². The predicted molar refractivity (Wildman–Crippen MR) is 85.9 cm³/mol. The first-order chi connectivity index (χ1) is 11.7. The van der Waals surface area contributed by atoms with E-state index in [2.05, 4.69) is 0 Å². The molecule has 0 saturated heterocycles. The Balaban J connectivity index is 2.37. The molecule has 2 aromatic rings. The molecule has 0 spiro atoms. The standard InChI is InChI=1S/C18H16O6/c19-9-7-12-11-3-1-2-4-13(11)17-18(14(12)8-10-20)24-16(22)6-5-15(21)23-17/h1-6,19-20H,7-10H2/b6-5+. The van der Waals surface area contributed by atoms with Crippen LogP contribution in [0.2, 0.25) is 0 Å². The summed E-state index contributed by atoms with van der Waals surface area (Å²) in [5, 5.41) is 20.2. The molecule has 0 unspecified atom stereocenters. The zero-order valence-corrected chi connectivity index (χ0v) is 12.8. The summed E-state index contributed by atoms with van der Waals surface area (Å²) < 4.78 is 10.7. The third-order valence-electron chi connectivity index (χ3n) is 3.83. The van der Waals surface area contributed by atoms with Gasteiger partial charge in [0.15, 0.2) is 11.5 Å². The number of hydrogen-bond acceptors (Lipinski definition) is 6. The molecule has 0 aliphatic carbocycles. The van der Waals surface area contributed by atoms with E-state index in [1.165, 1.54) is 0 Å². The molecule has 0 radical (unpaired) electrons. The number of ether oxygens (including phenoxy) is 2. The minimum Gasteiger partial charge on any atom is -0.419 e. The number of hydrogen-bond donors (Lipinski definition) is 2. The van der Waals surface area contributed by atoms with Gasteiger partial charge in [0.25, 0.3) is 0 Å². The molecule has 0 bridgehead atoms. The van der Waals surface area contributed by atoms with Crippen LogP contribution in [-0.4, -0.2) is 35.4 Å². The second-order valence-corrected chi connectivity index (χ2v) is 5.28. The van der Waals surface area contributed by atoms with E-state index in [1.807, 2.05) is 12.1 Å². The van der Waals surface area contributed by atoms with Gasteiger partial charge >= 0.3 is 11.9 Å². The lowest BCUT2D eigenvalue weighted by Gasteiger charge is -2.21. The lowest BCUT2D eigenvalue weighted by Crippen LogP contribution is -2.17. The summed E-state index contributed by atoms with van der Waals surface area (Å²) in [5.41, 5.74) is 1.31. The molecule has 124 valence electrons. The van der Waals surface area contributed by atoms with E-state index >= 15 is 0 Å². The molecule has 1 aliphatic rings. The van der Waals surface area contributed by atoms with Gasteiger partial charge < -0.3 is 19.7 Å². The number of carbonyl (C=O) groups excluding carboxylic acids is 2. The molecule has 0 aromatic heterocycles. The van der Waals surface area contributed by atoms with E-state index in [0.717, 1.165) is 23.1 Å². The van der Waals surface area contributed by atoms with E-state index in [-0.39, 0.29) is 31.1 Å². The average Bonchev–Trinajstić information content (AvgIpc) is 2.57. The van der Waals surface area contributed by atoms with Gasteiger partial charge in [-0.05, 0) is 23.8 Å². The molecule has 0 fully saturated rings. The van der Waals surface area contributed by atoms with Crippen LogP contribution in [0.5, 0.6) is 11.5 Å². The molecular formula is C18H16O6. The summed E-state index contributed by atoms with van der Waals surface area (Å²) in [6, 6.07) is 7.20. The minimum atomic E-state index is -0.697. The third-order valence-corrected chi connectivity index (χ3v) is 3.83. The van der Waals surface area contributed by atoms with Crippen molar-refractivity contribution in [1.82, 2.24) is 0 Å². The Bertz CT molecular complexity index is 837. The van der Waals surface area contributed by atoms with E-state index in [0.29, 0.717) is 17.4 Å². The Morgan fingerprint density at radius 2 is 1.29 bits per heavy atom. The maximum Gasteiger partial charge on any atom is 0.336 e. The highest BCUT2D eigenvalue weighted by Gasteiger charge is 2.25. The fourth-order valence-electron chi connectivity index (χ4n) is 2.89. The quantitative estimate of drug-likeness (QED) is 0.649. The van der Waals surface area contributed by atoms with Crippen molar-refractivity contribution in [3.63, 3.8) is 0 Å². The van der Waals surface area contributed by atoms with E-state index in [4.69, 9.17) is 9.47 Å². The number of rotatable bonds is 4. The van der Waals surface area contributed by atoms with Crippen molar-refractivity contribution in [2.45, 2.75) is 12.8 Å². The molecule has 3 rings (SSSR count). The van der Waals surface area contributed by atoms with Crippen LogP contribution < -0.4 is 9.47 Å². The Hall–Kier alpha value is -2.70. The normalized spacial score (nSPS) is 15.2. The van der Waals surface area contributed by atoms with Gasteiger partial charge in [0, 0.05) is 36.3 Å². The van der Waals surface area contributed by atoms with Crippen LogP contribution in [0, 0.1) is 0 Å². The first-order valence-corrected chi connectivity index (χ1v) is 7.55.